The van der Waals surface area contributed by atoms with Gasteiger partial charge in [-0.3, -0.25) is 14.7 Å². The van der Waals surface area contributed by atoms with Crippen molar-refractivity contribution in [3.63, 3.8) is 0 Å². The van der Waals surface area contributed by atoms with Crippen molar-refractivity contribution < 1.29 is 18.7 Å². The molecular weight excluding hydrogens is 361 g/mol. The summed E-state index contributed by atoms with van der Waals surface area (Å²) in [5.74, 6) is -0.823. The van der Waals surface area contributed by atoms with E-state index in [1.165, 1.54) is 12.1 Å². The number of aromatic nitrogens is 1. The number of ether oxygens (including phenoxy) is 2. The molecule has 1 aromatic heterocycles. The van der Waals surface area contributed by atoms with Crippen LogP contribution in [0, 0.1) is 5.82 Å². The van der Waals surface area contributed by atoms with E-state index in [4.69, 9.17) is 9.47 Å². The van der Waals surface area contributed by atoms with Gasteiger partial charge in [0.25, 0.3) is 5.91 Å². The lowest BCUT2D eigenvalue weighted by atomic mass is 9.97. The molecule has 0 radical (unpaired) electrons. The summed E-state index contributed by atoms with van der Waals surface area (Å²) < 4.78 is 25.8. The van der Waals surface area contributed by atoms with Crippen LogP contribution in [0.1, 0.15) is 22.0 Å². The monoisotopic (exact) mass is 385 g/mol. The molecule has 2 fully saturated rings. The molecule has 1 aromatic carbocycles. The van der Waals surface area contributed by atoms with Crippen LogP contribution in [0.5, 0.6) is 0 Å². The number of pyridine rings is 1. The van der Waals surface area contributed by atoms with E-state index in [1.807, 2.05) is 12.1 Å². The molecule has 0 unspecified atom stereocenters. The van der Waals surface area contributed by atoms with Gasteiger partial charge in [0.05, 0.1) is 37.5 Å². The highest BCUT2D eigenvalue weighted by molar-refractivity contribution is 5.94. The molecule has 2 aromatic rings. The van der Waals surface area contributed by atoms with Crippen LogP contribution in [-0.2, 0) is 9.47 Å². The molecule has 6 nitrogen and oxygen atoms in total. The Morgan fingerprint density at radius 2 is 1.93 bits per heavy atom. The minimum atomic E-state index is -0.506. The topological polar surface area (TPSA) is 54.9 Å². The summed E-state index contributed by atoms with van der Waals surface area (Å²) in [5.41, 5.74) is 0.980. The number of nitrogens with zero attached hydrogens (tertiary/aromatic N) is 3. The number of carbonyl (C=O) groups is 1. The van der Waals surface area contributed by atoms with Gasteiger partial charge in [-0.2, -0.15) is 0 Å². The maximum absolute atomic E-state index is 14.3. The van der Waals surface area contributed by atoms with E-state index >= 15 is 0 Å². The lowest BCUT2D eigenvalue weighted by molar-refractivity contribution is -0.0820. The first-order chi connectivity index (χ1) is 13.7. The van der Waals surface area contributed by atoms with Crippen molar-refractivity contribution in [2.45, 2.75) is 12.1 Å². The SMILES string of the molecule is O=C(c1ccccc1F)N1CCO[C@@H](CN2CCOCC2)[C@@H]1c1cccnc1. The van der Waals surface area contributed by atoms with Crippen molar-refractivity contribution in [1.29, 1.82) is 0 Å². The van der Waals surface area contributed by atoms with Crippen molar-refractivity contribution >= 4 is 5.91 Å². The van der Waals surface area contributed by atoms with Crippen molar-refractivity contribution in [2.75, 3.05) is 46.0 Å². The minimum absolute atomic E-state index is 0.0865. The van der Waals surface area contributed by atoms with E-state index in [0.717, 1.165) is 18.7 Å². The number of halogens is 1. The summed E-state index contributed by atoms with van der Waals surface area (Å²) in [6, 6.07) is 9.59. The summed E-state index contributed by atoms with van der Waals surface area (Å²) >= 11 is 0. The maximum atomic E-state index is 14.3. The summed E-state index contributed by atoms with van der Waals surface area (Å²) in [7, 11) is 0. The Morgan fingerprint density at radius 1 is 1.11 bits per heavy atom. The zero-order chi connectivity index (χ0) is 19.3. The number of hydrogen-bond donors (Lipinski definition) is 0. The number of carbonyl (C=O) groups excluding carboxylic acids is 1. The second-order valence-corrected chi connectivity index (χ2v) is 7.03. The highest BCUT2D eigenvalue weighted by Gasteiger charge is 2.38. The van der Waals surface area contributed by atoms with Crippen LogP contribution in [0.4, 0.5) is 4.39 Å². The van der Waals surface area contributed by atoms with E-state index in [2.05, 4.69) is 9.88 Å². The van der Waals surface area contributed by atoms with E-state index in [9.17, 15) is 9.18 Å². The number of rotatable bonds is 4. The van der Waals surface area contributed by atoms with Crippen LogP contribution in [-0.4, -0.2) is 72.8 Å². The molecule has 2 atom stereocenters. The Labute approximate surface area is 163 Å². The van der Waals surface area contributed by atoms with Gasteiger partial charge < -0.3 is 14.4 Å². The Balaban J connectivity index is 1.64. The smallest absolute Gasteiger partial charge is 0.257 e. The van der Waals surface area contributed by atoms with Crippen molar-refractivity contribution in [3.05, 3.63) is 65.7 Å². The molecule has 4 rings (SSSR count). The van der Waals surface area contributed by atoms with Crippen molar-refractivity contribution in [1.82, 2.24) is 14.8 Å². The molecule has 148 valence electrons. The normalized spacial score (nSPS) is 23.5. The predicted molar refractivity (Wildman–Crippen MR) is 101 cm³/mol. The second kappa shape index (κ2) is 8.77. The molecule has 0 saturated carbocycles. The molecule has 0 N–H and O–H groups in total. The zero-order valence-corrected chi connectivity index (χ0v) is 15.7. The molecule has 0 bridgehead atoms. The fourth-order valence-electron chi connectivity index (χ4n) is 3.89. The predicted octanol–water partition coefficient (Wildman–Crippen LogP) is 2.14. The highest BCUT2D eigenvalue weighted by atomic mass is 19.1. The van der Waals surface area contributed by atoms with E-state index in [0.29, 0.717) is 32.9 Å². The lowest BCUT2D eigenvalue weighted by Crippen LogP contribution is -2.53. The standard InChI is InChI=1S/C21H24FN3O3/c22-18-6-2-1-5-17(18)21(26)25-10-13-28-19(15-24-8-11-27-12-9-24)20(25)16-4-3-7-23-14-16/h1-7,14,19-20H,8-13,15H2/t19-,20-/m0/s1. The van der Waals surface area contributed by atoms with Crippen molar-refractivity contribution in [2.24, 2.45) is 0 Å². The van der Waals surface area contributed by atoms with E-state index < -0.39 is 5.82 Å². The van der Waals surface area contributed by atoms with Gasteiger partial charge in [-0.1, -0.05) is 18.2 Å². The summed E-state index contributed by atoms with van der Waals surface area (Å²) in [4.78, 5) is 21.5. The van der Waals surface area contributed by atoms with Gasteiger partial charge in [0, 0.05) is 38.6 Å². The van der Waals surface area contributed by atoms with Gasteiger partial charge in [-0.15, -0.1) is 0 Å². The van der Waals surface area contributed by atoms with Crippen LogP contribution >= 0.6 is 0 Å². The molecule has 2 saturated heterocycles. The molecule has 28 heavy (non-hydrogen) atoms. The summed E-state index contributed by atoms with van der Waals surface area (Å²) in [6.07, 6.45) is 3.24. The minimum Gasteiger partial charge on any atom is -0.379 e. The first-order valence-electron chi connectivity index (χ1n) is 9.61. The zero-order valence-electron chi connectivity index (χ0n) is 15.7. The first-order valence-corrected chi connectivity index (χ1v) is 9.61. The van der Waals surface area contributed by atoms with Gasteiger partial charge in [0.2, 0.25) is 0 Å². The average molecular weight is 385 g/mol. The Morgan fingerprint density at radius 3 is 2.68 bits per heavy atom. The van der Waals surface area contributed by atoms with Gasteiger partial charge in [0.15, 0.2) is 0 Å². The Bertz CT molecular complexity index is 798. The third kappa shape index (κ3) is 4.06. The van der Waals surface area contributed by atoms with Gasteiger partial charge in [-0.05, 0) is 23.8 Å². The third-order valence-electron chi connectivity index (χ3n) is 5.28. The Hall–Kier alpha value is -2.35. The largest absolute Gasteiger partial charge is 0.379 e. The van der Waals surface area contributed by atoms with E-state index in [1.54, 1.807) is 29.4 Å². The maximum Gasteiger partial charge on any atom is 0.257 e. The van der Waals surface area contributed by atoms with Gasteiger partial charge >= 0.3 is 0 Å². The van der Waals surface area contributed by atoms with Crippen LogP contribution in [0.15, 0.2) is 48.8 Å². The van der Waals surface area contributed by atoms with Crippen molar-refractivity contribution in [3.8, 4) is 0 Å². The fraction of sp³-hybridized carbons (Fsp3) is 0.429. The second-order valence-electron chi connectivity index (χ2n) is 7.03. The molecule has 0 spiro atoms. The fourth-order valence-corrected chi connectivity index (χ4v) is 3.89. The first kappa shape index (κ1) is 19.0. The van der Waals surface area contributed by atoms with Crippen LogP contribution in [0.2, 0.25) is 0 Å². The molecule has 7 heteroatoms. The summed E-state index contributed by atoms with van der Waals surface area (Å²) in [6.45, 7) is 4.58. The lowest BCUT2D eigenvalue weighted by Gasteiger charge is -2.43. The molecule has 2 aliphatic rings. The number of morpholine rings is 2. The third-order valence-corrected chi connectivity index (χ3v) is 5.28. The quantitative estimate of drug-likeness (QED) is 0.807. The molecule has 2 aliphatic heterocycles. The molecule has 1 amide bonds. The summed E-state index contributed by atoms with van der Waals surface area (Å²) in [5, 5.41) is 0. The highest BCUT2D eigenvalue weighted by Crippen LogP contribution is 2.31. The number of benzene rings is 1. The van der Waals surface area contributed by atoms with Gasteiger partial charge in [-0.25, -0.2) is 4.39 Å². The van der Waals surface area contributed by atoms with Crippen LogP contribution < -0.4 is 0 Å². The number of amides is 1. The van der Waals surface area contributed by atoms with Gasteiger partial charge in [0.1, 0.15) is 5.82 Å². The number of hydrogen-bond acceptors (Lipinski definition) is 5. The Kier molecular flexibility index (Phi) is 5.95. The van der Waals surface area contributed by atoms with E-state index in [-0.39, 0.29) is 23.6 Å². The molecule has 0 aliphatic carbocycles. The van der Waals surface area contributed by atoms with Crippen LogP contribution in [0.25, 0.3) is 0 Å². The molecule has 3 heterocycles. The van der Waals surface area contributed by atoms with Crippen LogP contribution in [0.3, 0.4) is 0 Å². The molecular formula is C21H24FN3O3. The average Bonchev–Trinajstić information content (AvgIpc) is 2.75.